The molecule has 1 aliphatic carbocycles. The molecular formula is C14H13ClN2O3. The molecule has 2 N–H and O–H groups in total. The van der Waals surface area contributed by atoms with Gasteiger partial charge in [0, 0.05) is 5.92 Å². The van der Waals surface area contributed by atoms with Crippen LogP contribution in [0.1, 0.15) is 24.8 Å². The number of carboxylic acid groups (broad SMARTS) is 1. The molecule has 1 fully saturated rings. The van der Waals surface area contributed by atoms with E-state index >= 15 is 0 Å². The molecular weight excluding hydrogens is 280 g/mol. The number of carbonyl (C=O) groups excluding carboxylic acids is 1. The first-order valence-corrected chi connectivity index (χ1v) is 6.62. The Morgan fingerprint density at radius 2 is 2.05 bits per heavy atom. The standard InChI is InChI=1S/C14H13ClN2O3/c15-11-4-1-8(7-16)5-12(11)17-13(18)9-2-3-10(6-9)14(19)20/h1,4-5,9-10H,2-3,6H2,(H,17,18)(H,19,20). The lowest BCUT2D eigenvalue weighted by Crippen LogP contribution is -2.21. The molecule has 20 heavy (non-hydrogen) atoms. The maximum Gasteiger partial charge on any atom is 0.306 e. The Hall–Kier alpha value is -2.06. The molecule has 2 atom stereocenters. The van der Waals surface area contributed by atoms with Crippen molar-refractivity contribution in [1.29, 1.82) is 5.26 Å². The summed E-state index contributed by atoms with van der Waals surface area (Å²) in [6.07, 6.45) is 1.41. The number of hydrogen-bond donors (Lipinski definition) is 2. The van der Waals surface area contributed by atoms with Crippen LogP contribution in [0.15, 0.2) is 18.2 Å². The topological polar surface area (TPSA) is 90.2 Å². The zero-order valence-electron chi connectivity index (χ0n) is 10.6. The van der Waals surface area contributed by atoms with Gasteiger partial charge in [-0.25, -0.2) is 0 Å². The summed E-state index contributed by atoms with van der Waals surface area (Å²) in [4.78, 5) is 23.0. The lowest BCUT2D eigenvalue weighted by Gasteiger charge is -2.12. The van der Waals surface area contributed by atoms with Gasteiger partial charge < -0.3 is 10.4 Å². The Morgan fingerprint density at radius 3 is 2.65 bits per heavy atom. The second-order valence-electron chi connectivity index (χ2n) is 4.84. The van der Waals surface area contributed by atoms with Crippen LogP contribution in [0, 0.1) is 23.2 Å². The fourth-order valence-electron chi connectivity index (χ4n) is 2.37. The van der Waals surface area contributed by atoms with Gasteiger partial charge in [-0.1, -0.05) is 11.6 Å². The van der Waals surface area contributed by atoms with Crippen molar-refractivity contribution in [1.82, 2.24) is 0 Å². The number of carboxylic acids is 1. The monoisotopic (exact) mass is 292 g/mol. The molecule has 104 valence electrons. The zero-order valence-corrected chi connectivity index (χ0v) is 11.4. The third kappa shape index (κ3) is 3.09. The Bertz CT molecular complexity index is 595. The van der Waals surface area contributed by atoms with Gasteiger partial charge in [0.2, 0.25) is 5.91 Å². The third-order valence-electron chi connectivity index (χ3n) is 3.51. The smallest absolute Gasteiger partial charge is 0.306 e. The van der Waals surface area contributed by atoms with Gasteiger partial charge in [0.25, 0.3) is 0 Å². The highest BCUT2D eigenvalue weighted by Gasteiger charge is 2.33. The van der Waals surface area contributed by atoms with Crippen LogP contribution in [0.4, 0.5) is 5.69 Å². The summed E-state index contributed by atoms with van der Waals surface area (Å²) < 4.78 is 0. The molecule has 0 radical (unpaired) electrons. The molecule has 0 spiro atoms. The van der Waals surface area contributed by atoms with E-state index in [0.717, 1.165) is 0 Å². The summed E-state index contributed by atoms with van der Waals surface area (Å²) >= 11 is 5.96. The lowest BCUT2D eigenvalue weighted by molar-refractivity contribution is -0.141. The number of nitriles is 1. The Kier molecular flexibility index (Phi) is 4.26. The van der Waals surface area contributed by atoms with Gasteiger partial charge in [-0.3, -0.25) is 9.59 Å². The maximum atomic E-state index is 12.1. The molecule has 1 aromatic rings. The summed E-state index contributed by atoms with van der Waals surface area (Å²) in [7, 11) is 0. The van der Waals surface area contributed by atoms with Crippen molar-refractivity contribution in [2.45, 2.75) is 19.3 Å². The van der Waals surface area contributed by atoms with Crippen molar-refractivity contribution in [2.24, 2.45) is 11.8 Å². The van der Waals surface area contributed by atoms with Crippen LogP contribution in [0.5, 0.6) is 0 Å². The summed E-state index contributed by atoms with van der Waals surface area (Å²) in [6, 6.07) is 6.59. The van der Waals surface area contributed by atoms with E-state index in [2.05, 4.69) is 5.32 Å². The molecule has 0 aliphatic heterocycles. The van der Waals surface area contributed by atoms with E-state index in [1.807, 2.05) is 6.07 Å². The zero-order chi connectivity index (χ0) is 14.7. The van der Waals surface area contributed by atoms with Crippen molar-refractivity contribution < 1.29 is 14.7 Å². The average Bonchev–Trinajstić information content (AvgIpc) is 2.91. The first kappa shape index (κ1) is 14.4. The number of anilines is 1. The summed E-state index contributed by atoms with van der Waals surface area (Å²) in [6.45, 7) is 0. The van der Waals surface area contributed by atoms with Crippen LogP contribution >= 0.6 is 11.6 Å². The molecule has 0 bridgehead atoms. The first-order valence-electron chi connectivity index (χ1n) is 6.24. The van der Waals surface area contributed by atoms with Gasteiger partial charge in [-0.15, -0.1) is 0 Å². The van der Waals surface area contributed by atoms with Crippen molar-refractivity contribution in [3.8, 4) is 6.07 Å². The SMILES string of the molecule is N#Cc1ccc(Cl)c(NC(=O)C2CCC(C(=O)O)C2)c1. The second-order valence-corrected chi connectivity index (χ2v) is 5.25. The average molecular weight is 293 g/mol. The molecule has 0 heterocycles. The second kappa shape index (κ2) is 5.93. The largest absolute Gasteiger partial charge is 0.481 e. The minimum atomic E-state index is -0.857. The van der Waals surface area contributed by atoms with Crippen LogP contribution in [-0.4, -0.2) is 17.0 Å². The quantitative estimate of drug-likeness (QED) is 0.896. The number of nitrogens with one attached hydrogen (secondary N) is 1. The van der Waals surface area contributed by atoms with Gasteiger partial charge >= 0.3 is 5.97 Å². The number of benzene rings is 1. The van der Waals surface area contributed by atoms with Crippen LogP contribution in [0.3, 0.4) is 0 Å². The Balaban J connectivity index is 2.06. The summed E-state index contributed by atoms with van der Waals surface area (Å²) in [5.41, 5.74) is 0.786. The third-order valence-corrected chi connectivity index (χ3v) is 3.84. The van der Waals surface area contributed by atoms with E-state index in [9.17, 15) is 9.59 Å². The molecule has 2 rings (SSSR count). The highest BCUT2D eigenvalue weighted by molar-refractivity contribution is 6.33. The molecule has 5 nitrogen and oxygen atoms in total. The van der Waals surface area contributed by atoms with Crippen molar-refractivity contribution in [3.05, 3.63) is 28.8 Å². The van der Waals surface area contributed by atoms with E-state index in [4.69, 9.17) is 22.0 Å². The highest BCUT2D eigenvalue weighted by atomic mass is 35.5. The highest BCUT2D eigenvalue weighted by Crippen LogP contribution is 2.32. The minimum absolute atomic E-state index is 0.245. The number of aliphatic carboxylic acids is 1. The van der Waals surface area contributed by atoms with E-state index in [1.165, 1.54) is 6.07 Å². The molecule has 1 amide bonds. The lowest BCUT2D eigenvalue weighted by atomic mass is 10.0. The predicted molar refractivity (Wildman–Crippen MR) is 73.3 cm³/mol. The van der Waals surface area contributed by atoms with Gasteiger partial charge in [0.1, 0.15) is 0 Å². The normalized spacial score (nSPS) is 21.2. The fraction of sp³-hybridized carbons (Fsp3) is 0.357. The van der Waals surface area contributed by atoms with Gasteiger partial charge in [0.15, 0.2) is 0 Å². The summed E-state index contributed by atoms with van der Waals surface area (Å²) in [5.74, 6) is -1.87. The van der Waals surface area contributed by atoms with Crippen LogP contribution in [-0.2, 0) is 9.59 Å². The minimum Gasteiger partial charge on any atom is -0.481 e. The molecule has 2 unspecified atom stereocenters. The van der Waals surface area contributed by atoms with Crippen LogP contribution in [0.25, 0.3) is 0 Å². The van der Waals surface area contributed by atoms with E-state index in [0.29, 0.717) is 35.5 Å². The van der Waals surface area contributed by atoms with E-state index < -0.39 is 11.9 Å². The fourth-order valence-corrected chi connectivity index (χ4v) is 2.53. The molecule has 1 saturated carbocycles. The predicted octanol–water partition coefficient (Wildman–Crippen LogP) is 2.65. The number of hydrogen-bond acceptors (Lipinski definition) is 3. The molecule has 1 aromatic carbocycles. The van der Waals surface area contributed by atoms with Crippen molar-refractivity contribution >= 4 is 29.2 Å². The molecule has 6 heteroatoms. The number of nitrogens with zero attached hydrogens (tertiary/aromatic N) is 1. The van der Waals surface area contributed by atoms with Crippen LogP contribution in [0.2, 0.25) is 5.02 Å². The number of amides is 1. The van der Waals surface area contributed by atoms with Gasteiger partial charge in [-0.05, 0) is 37.5 Å². The van der Waals surface area contributed by atoms with E-state index in [1.54, 1.807) is 12.1 Å². The number of carbonyl (C=O) groups is 2. The number of rotatable bonds is 3. The molecule has 1 aliphatic rings. The Morgan fingerprint density at radius 1 is 1.35 bits per heavy atom. The first-order chi connectivity index (χ1) is 9.51. The van der Waals surface area contributed by atoms with Crippen molar-refractivity contribution in [3.63, 3.8) is 0 Å². The number of halogens is 1. The maximum absolute atomic E-state index is 12.1. The van der Waals surface area contributed by atoms with Gasteiger partial charge in [0.05, 0.1) is 28.3 Å². The Labute approximate surface area is 121 Å². The molecule has 0 saturated heterocycles. The van der Waals surface area contributed by atoms with Crippen LogP contribution < -0.4 is 5.32 Å². The van der Waals surface area contributed by atoms with E-state index in [-0.39, 0.29) is 11.8 Å². The van der Waals surface area contributed by atoms with Crippen molar-refractivity contribution in [2.75, 3.05) is 5.32 Å². The summed E-state index contributed by atoms with van der Waals surface area (Å²) in [5, 5.41) is 20.8. The molecule has 0 aromatic heterocycles. The van der Waals surface area contributed by atoms with Gasteiger partial charge in [-0.2, -0.15) is 5.26 Å².